The minimum atomic E-state index is -0.124. The van der Waals surface area contributed by atoms with Crippen LogP contribution >= 0.6 is 34.3 Å². The lowest BCUT2D eigenvalue weighted by Gasteiger charge is -2.33. The second-order valence-corrected chi connectivity index (χ2v) is 9.91. The Morgan fingerprint density at radius 2 is 2.21 bits per heavy atom. The van der Waals surface area contributed by atoms with Crippen LogP contribution in [0.4, 0.5) is 0 Å². The first-order valence-corrected chi connectivity index (χ1v) is 10.1. The van der Waals surface area contributed by atoms with Crippen LogP contribution in [0.1, 0.15) is 52.9 Å². The van der Waals surface area contributed by atoms with E-state index in [2.05, 4.69) is 31.3 Å². The number of nitrogens with one attached hydrogen (secondary N) is 1. The van der Waals surface area contributed by atoms with Crippen LogP contribution in [0.3, 0.4) is 0 Å². The van der Waals surface area contributed by atoms with E-state index in [4.69, 9.17) is 11.6 Å². The monoisotopic (exact) mass is 380 g/mol. The van der Waals surface area contributed by atoms with E-state index in [9.17, 15) is 4.79 Å². The molecule has 0 aliphatic heterocycles. The van der Waals surface area contributed by atoms with Gasteiger partial charge in [0.1, 0.15) is 0 Å². The van der Waals surface area contributed by atoms with E-state index >= 15 is 0 Å². The Hall–Kier alpha value is -1.17. The number of thiophene rings is 2. The highest BCUT2D eigenvalue weighted by Gasteiger charge is 2.31. The second-order valence-electron chi connectivity index (χ2n) is 7.20. The highest BCUT2D eigenvalue weighted by molar-refractivity contribution is 7.17. The van der Waals surface area contributed by atoms with Gasteiger partial charge in [-0.05, 0) is 48.3 Å². The maximum Gasteiger partial charge on any atom is 0.272 e. The molecule has 3 nitrogen and oxygen atoms in total. The van der Waals surface area contributed by atoms with Gasteiger partial charge in [0, 0.05) is 15.1 Å². The van der Waals surface area contributed by atoms with Gasteiger partial charge in [0.25, 0.3) is 5.91 Å². The molecule has 0 aromatic carbocycles. The maximum absolute atomic E-state index is 12.4. The number of hydrogen-bond donors (Lipinski definition) is 1. The molecule has 2 aromatic rings. The molecule has 0 saturated carbocycles. The minimum Gasteiger partial charge on any atom is -0.267 e. The summed E-state index contributed by atoms with van der Waals surface area (Å²) in [4.78, 5) is 14.7. The van der Waals surface area contributed by atoms with Crippen molar-refractivity contribution >= 4 is 46.4 Å². The van der Waals surface area contributed by atoms with Crippen molar-refractivity contribution < 1.29 is 4.79 Å². The molecule has 1 amide bonds. The zero-order chi connectivity index (χ0) is 17.3. The maximum atomic E-state index is 12.4. The smallest absolute Gasteiger partial charge is 0.267 e. The zero-order valence-corrected chi connectivity index (χ0v) is 16.4. The molecular weight excluding hydrogens is 360 g/mol. The molecule has 0 spiro atoms. The Morgan fingerprint density at radius 1 is 1.42 bits per heavy atom. The van der Waals surface area contributed by atoms with Gasteiger partial charge in [0.2, 0.25) is 0 Å². The van der Waals surface area contributed by atoms with Crippen molar-refractivity contribution in [3.8, 4) is 0 Å². The summed E-state index contributed by atoms with van der Waals surface area (Å²) in [7, 11) is 0. The number of carbonyl (C=O) groups is 1. The molecule has 2 aromatic heterocycles. The van der Waals surface area contributed by atoms with Gasteiger partial charge in [0.05, 0.1) is 16.1 Å². The second kappa shape index (κ2) is 6.98. The first-order valence-electron chi connectivity index (χ1n) is 8.02. The summed E-state index contributed by atoms with van der Waals surface area (Å²) in [5.74, 6) is 0.557. The fourth-order valence-electron chi connectivity index (χ4n) is 3.05. The van der Waals surface area contributed by atoms with Crippen molar-refractivity contribution in [1.29, 1.82) is 0 Å². The average molecular weight is 381 g/mol. The Morgan fingerprint density at radius 3 is 2.88 bits per heavy atom. The summed E-state index contributed by atoms with van der Waals surface area (Å²) in [6, 6.07) is 3.69. The molecule has 1 aliphatic rings. The highest BCUT2D eigenvalue weighted by Crippen LogP contribution is 2.40. The normalized spacial score (nSPS) is 17.9. The summed E-state index contributed by atoms with van der Waals surface area (Å²) in [6.07, 6.45) is 4.83. The molecular formula is C18H21ClN2OS2. The number of hydrazone groups is 1. The van der Waals surface area contributed by atoms with Gasteiger partial charge >= 0.3 is 0 Å². The molecule has 0 radical (unpaired) electrons. The summed E-state index contributed by atoms with van der Waals surface area (Å²) in [5.41, 5.74) is 4.95. The number of halogens is 1. The molecule has 0 unspecified atom stereocenters. The van der Waals surface area contributed by atoms with Crippen LogP contribution in [-0.2, 0) is 12.8 Å². The topological polar surface area (TPSA) is 41.5 Å². The number of hydrogen-bond acceptors (Lipinski definition) is 4. The fraction of sp³-hybridized carbons (Fsp3) is 0.444. The summed E-state index contributed by atoms with van der Waals surface area (Å²) in [5, 5.41) is 6.02. The molecule has 3 rings (SSSR count). The van der Waals surface area contributed by atoms with Crippen molar-refractivity contribution in [3.05, 3.63) is 42.7 Å². The summed E-state index contributed by atoms with van der Waals surface area (Å²) < 4.78 is 0.711. The number of carbonyl (C=O) groups excluding carboxylic acids is 1. The standard InChI is InChI=1S/C18H21ClN2OS2/c1-18(2,3)11-4-6-13-14(10-23-15(13)8-11)17(22)21-20-9-12-5-7-16(19)24-12/h5,7,9-11H,4,6,8H2,1-3H3,(H,21,22)/t11-/m0/s1. The Kier molecular flexibility index (Phi) is 5.13. The molecule has 1 aliphatic carbocycles. The molecule has 1 atom stereocenters. The van der Waals surface area contributed by atoms with Crippen molar-refractivity contribution in [3.63, 3.8) is 0 Å². The SMILES string of the molecule is CC(C)(C)[C@H]1CCc2c(C(=O)NN=Cc3ccc(Cl)s3)csc2C1. The van der Waals surface area contributed by atoms with Gasteiger partial charge in [-0.3, -0.25) is 4.79 Å². The average Bonchev–Trinajstić information content (AvgIpc) is 3.11. The molecule has 2 heterocycles. The van der Waals surface area contributed by atoms with E-state index in [-0.39, 0.29) is 5.91 Å². The van der Waals surface area contributed by atoms with Gasteiger partial charge in [-0.1, -0.05) is 32.4 Å². The minimum absolute atomic E-state index is 0.124. The number of nitrogens with zero attached hydrogens (tertiary/aromatic N) is 1. The third kappa shape index (κ3) is 3.90. The van der Waals surface area contributed by atoms with Crippen molar-refractivity contribution in [2.75, 3.05) is 0 Å². The van der Waals surface area contributed by atoms with Gasteiger partial charge in [-0.25, -0.2) is 5.43 Å². The molecule has 1 N–H and O–H groups in total. The van der Waals surface area contributed by atoms with Crippen LogP contribution in [0.5, 0.6) is 0 Å². The van der Waals surface area contributed by atoms with Crippen molar-refractivity contribution in [2.24, 2.45) is 16.4 Å². The van der Waals surface area contributed by atoms with E-state index in [1.54, 1.807) is 17.6 Å². The van der Waals surface area contributed by atoms with Crippen LogP contribution < -0.4 is 5.43 Å². The Balaban J connectivity index is 1.67. The van der Waals surface area contributed by atoms with Crippen molar-refractivity contribution in [2.45, 2.75) is 40.0 Å². The summed E-state index contributed by atoms with van der Waals surface area (Å²) >= 11 is 9.01. The predicted molar refractivity (Wildman–Crippen MR) is 104 cm³/mol. The lowest BCUT2D eigenvalue weighted by molar-refractivity contribution is 0.0954. The quantitative estimate of drug-likeness (QED) is 0.563. The molecule has 0 bridgehead atoms. The van der Waals surface area contributed by atoms with Crippen molar-refractivity contribution in [1.82, 2.24) is 5.43 Å². The van der Waals surface area contributed by atoms with E-state index in [1.165, 1.54) is 21.8 Å². The Labute approximate surface area is 155 Å². The molecule has 6 heteroatoms. The van der Waals surface area contributed by atoms with Gasteiger partial charge in [-0.15, -0.1) is 22.7 Å². The predicted octanol–water partition coefficient (Wildman–Crippen LogP) is 5.38. The number of amides is 1. The first kappa shape index (κ1) is 17.6. The third-order valence-corrected chi connectivity index (χ3v) is 6.79. The van der Waals surface area contributed by atoms with E-state index in [0.717, 1.165) is 29.7 Å². The van der Waals surface area contributed by atoms with Crippen LogP contribution in [0.15, 0.2) is 22.6 Å². The summed E-state index contributed by atoms with van der Waals surface area (Å²) in [6.45, 7) is 6.90. The van der Waals surface area contributed by atoms with E-state index in [0.29, 0.717) is 15.7 Å². The van der Waals surface area contributed by atoms with E-state index < -0.39 is 0 Å². The number of fused-ring (bicyclic) bond motifs is 1. The molecule has 0 saturated heterocycles. The van der Waals surface area contributed by atoms with Crippen LogP contribution in [-0.4, -0.2) is 12.1 Å². The first-order chi connectivity index (χ1) is 11.3. The van der Waals surface area contributed by atoms with Gasteiger partial charge < -0.3 is 0 Å². The number of rotatable bonds is 3. The van der Waals surface area contributed by atoms with Crippen LogP contribution in [0.2, 0.25) is 4.34 Å². The van der Waals surface area contributed by atoms with Crippen LogP contribution in [0.25, 0.3) is 0 Å². The molecule has 128 valence electrons. The van der Waals surface area contributed by atoms with Gasteiger partial charge in [-0.2, -0.15) is 5.10 Å². The zero-order valence-electron chi connectivity index (χ0n) is 14.1. The molecule has 24 heavy (non-hydrogen) atoms. The lowest BCUT2D eigenvalue weighted by atomic mass is 9.72. The third-order valence-electron chi connectivity index (χ3n) is 4.58. The lowest BCUT2D eigenvalue weighted by Crippen LogP contribution is -2.27. The van der Waals surface area contributed by atoms with Crippen LogP contribution in [0, 0.1) is 11.3 Å². The van der Waals surface area contributed by atoms with E-state index in [1.807, 2.05) is 17.5 Å². The molecule has 0 fully saturated rings. The fourth-order valence-corrected chi connectivity index (χ4v) is 5.15. The highest BCUT2D eigenvalue weighted by atomic mass is 35.5. The largest absolute Gasteiger partial charge is 0.272 e. The van der Waals surface area contributed by atoms with Gasteiger partial charge in [0.15, 0.2) is 0 Å². The Bertz CT molecular complexity index is 770.